The Kier molecular flexibility index (Phi) is 5.47. The molecule has 1 saturated heterocycles. The average Bonchev–Trinajstić information content (AvgIpc) is 3.17. The van der Waals surface area contributed by atoms with Crippen molar-refractivity contribution in [1.82, 2.24) is 19.7 Å². The zero-order valence-electron chi connectivity index (χ0n) is 16.8. The maximum atomic E-state index is 13.1. The summed E-state index contributed by atoms with van der Waals surface area (Å²) in [6.45, 7) is 5.94. The van der Waals surface area contributed by atoms with E-state index in [1.54, 1.807) is 12.1 Å². The van der Waals surface area contributed by atoms with Crippen LogP contribution in [0.1, 0.15) is 37.1 Å². The van der Waals surface area contributed by atoms with E-state index in [1.807, 2.05) is 29.4 Å². The molecule has 4 rings (SSSR count). The van der Waals surface area contributed by atoms with E-state index in [2.05, 4.69) is 10.2 Å². The summed E-state index contributed by atoms with van der Waals surface area (Å²) < 4.78 is 21.0. The number of amides is 1. The average molecular weight is 396 g/mol. The number of nitrogens with zero attached hydrogens (tertiary/aromatic N) is 4. The minimum Gasteiger partial charge on any atom is -0.416 e. The lowest BCUT2D eigenvalue weighted by Crippen LogP contribution is -2.35. The van der Waals surface area contributed by atoms with Crippen molar-refractivity contribution in [3.05, 3.63) is 47.5 Å². The fraction of sp³-hybridized carbons (Fsp3) is 0.409. The number of aryl methyl sites for hydroxylation is 1. The van der Waals surface area contributed by atoms with Crippen molar-refractivity contribution < 1.29 is 13.6 Å². The Labute approximate surface area is 169 Å². The van der Waals surface area contributed by atoms with Crippen LogP contribution < -0.4 is 0 Å². The monoisotopic (exact) mass is 396 g/mol. The van der Waals surface area contributed by atoms with E-state index >= 15 is 0 Å². The summed E-state index contributed by atoms with van der Waals surface area (Å²) in [5.41, 5.74) is 3.37. The van der Waals surface area contributed by atoms with Gasteiger partial charge in [0.1, 0.15) is 12.4 Å². The third-order valence-electron chi connectivity index (χ3n) is 5.57. The molecule has 0 spiro atoms. The van der Waals surface area contributed by atoms with Gasteiger partial charge in [0.05, 0.1) is 5.56 Å². The summed E-state index contributed by atoms with van der Waals surface area (Å²) in [5, 5.41) is 8.26. The Bertz CT molecular complexity index is 998. The van der Waals surface area contributed by atoms with E-state index in [1.165, 1.54) is 25.0 Å². The van der Waals surface area contributed by atoms with Gasteiger partial charge in [-0.05, 0) is 57.0 Å². The molecule has 3 heterocycles. The standard InChI is InChI=1S/C22H25FN4O2/c1-15-13-19(22-25-24-21(29-22)17-7-9-18(23)10-8-17)16(2)27(15)14-20(28)26-11-5-3-4-6-12-26/h7-10,13H,3-6,11-12,14H2,1-2H3. The summed E-state index contributed by atoms with van der Waals surface area (Å²) in [6, 6.07) is 7.90. The number of likely N-dealkylation sites (tertiary alicyclic amines) is 1. The van der Waals surface area contributed by atoms with Crippen LogP contribution in [-0.4, -0.2) is 38.7 Å². The van der Waals surface area contributed by atoms with Crippen LogP contribution in [0.2, 0.25) is 0 Å². The molecule has 29 heavy (non-hydrogen) atoms. The molecule has 152 valence electrons. The van der Waals surface area contributed by atoms with Gasteiger partial charge in [-0.15, -0.1) is 10.2 Å². The highest BCUT2D eigenvalue weighted by molar-refractivity contribution is 5.77. The van der Waals surface area contributed by atoms with Gasteiger partial charge in [-0.25, -0.2) is 4.39 Å². The molecule has 1 amide bonds. The van der Waals surface area contributed by atoms with Crippen LogP contribution in [-0.2, 0) is 11.3 Å². The number of carbonyl (C=O) groups is 1. The minimum atomic E-state index is -0.314. The van der Waals surface area contributed by atoms with Crippen LogP contribution in [0.15, 0.2) is 34.7 Å². The van der Waals surface area contributed by atoms with Crippen LogP contribution in [0.3, 0.4) is 0 Å². The quantitative estimate of drug-likeness (QED) is 0.657. The Morgan fingerprint density at radius 1 is 1.03 bits per heavy atom. The lowest BCUT2D eigenvalue weighted by Gasteiger charge is -2.21. The summed E-state index contributed by atoms with van der Waals surface area (Å²) in [7, 11) is 0. The molecule has 1 aliphatic rings. The molecule has 0 radical (unpaired) electrons. The van der Waals surface area contributed by atoms with E-state index in [4.69, 9.17) is 4.42 Å². The van der Waals surface area contributed by atoms with Gasteiger partial charge in [0.2, 0.25) is 17.7 Å². The maximum absolute atomic E-state index is 13.1. The third kappa shape index (κ3) is 4.09. The molecule has 1 aromatic carbocycles. The summed E-state index contributed by atoms with van der Waals surface area (Å²) >= 11 is 0. The van der Waals surface area contributed by atoms with Crippen molar-refractivity contribution in [3.63, 3.8) is 0 Å². The second kappa shape index (κ2) is 8.19. The number of hydrogen-bond donors (Lipinski definition) is 0. The first-order valence-corrected chi connectivity index (χ1v) is 10.1. The Balaban J connectivity index is 1.56. The lowest BCUT2D eigenvalue weighted by atomic mass is 10.2. The molecule has 0 N–H and O–H groups in total. The van der Waals surface area contributed by atoms with E-state index in [0.717, 1.165) is 42.9 Å². The summed E-state index contributed by atoms with van der Waals surface area (Å²) in [6.07, 6.45) is 4.55. The van der Waals surface area contributed by atoms with Gasteiger partial charge in [-0.2, -0.15) is 0 Å². The largest absolute Gasteiger partial charge is 0.416 e. The second-order valence-electron chi connectivity index (χ2n) is 7.59. The van der Waals surface area contributed by atoms with Crippen molar-refractivity contribution >= 4 is 5.91 Å². The Morgan fingerprint density at radius 2 is 1.69 bits per heavy atom. The summed E-state index contributed by atoms with van der Waals surface area (Å²) in [5.74, 6) is 0.570. The molecular weight excluding hydrogens is 371 g/mol. The minimum absolute atomic E-state index is 0.151. The zero-order chi connectivity index (χ0) is 20.4. The molecule has 6 nitrogen and oxygen atoms in total. The van der Waals surface area contributed by atoms with E-state index in [9.17, 15) is 9.18 Å². The second-order valence-corrected chi connectivity index (χ2v) is 7.59. The normalized spacial score (nSPS) is 14.8. The van der Waals surface area contributed by atoms with Gasteiger partial charge in [0.15, 0.2) is 0 Å². The van der Waals surface area contributed by atoms with Gasteiger partial charge in [-0.3, -0.25) is 4.79 Å². The van der Waals surface area contributed by atoms with Crippen LogP contribution in [0.25, 0.3) is 22.9 Å². The highest BCUT2D eigenvalue weighted by atomic mass is 19.1. The molecular formula is C22H25FN4O2. The van der Waals surface area contributed by atoms with Gasteiger partial charge in [-0.1, -0.05) is 12.8 Å². The Morgan fingerprint density at radius 3 is 2.38 bits per heavy atom. The van der Waals surface area contributed by atoms with Gasteiger partial charge < -0.3 is 13.9 Å². The number of halogens is 1. The number of benzene rings is 1. The van der Waals surface area contributed by atoms with Crippen LogP contribution in [0, 0.1) is 19.7 Å². The van der Waals surface area contributed by atoms with Crippen molar-refractivity contribution in [2.75, 3.05) is 13.1 Å². The molecule has 7 heteroatoms. The van der Waals surface area contributed by atoms with E-state index in [-0.39, 0.29) is 11.7 Å². The molecule has 0 atom stereocenters. The van der Waals surface area contributed by atoms with Gasteiger partial charge in [0.25, 0.3) is 0 Å². The lowest BCUT2D eigenvalue weighted by molar-refractivity contribution is -0.131. The number of rotatable bonds is 4. The highest BCUT2D eigenvalue weighted by Gasteiger charge is 2.21. The first kappa shape index (κ1) is 19.4. The van der Waals surface area contributed by atoms with Crippen LogP contribution in [0.4, 0.5) is 4.39 Å². The molecule has 0 saturated carbocycles. The van der Waals surface area contributed by atoms with Gasteiger partial charge >= 0.3 is 0 Å². The fourth-order valence-electron chi connectivity index (χ4n) is 3.86. The predicted octanol–water partition coefficient (Wildman–Crippen LogP) is 4.36. The summed E-state index contributed by atoms with van der Waals surface area (Å²) in [4.78, 5) is 14.8. The number of aromatic nitrogens is 3. The first-order chi connectivity index (χ1) is 14.0. The third-order valence-corrected chi connectivity index (χ3v) is 5.57. The van der Waals surface area contributed by atoms with Crippen molar-refractivity contribution in [3.8, 4) is 22.9 Å². The molecule has 0 unspecified atom stereocenters. The van der Waals surface area contributed by atoms with E-state index in [0.29, 0.717) is 23.9 Å². The van der Waals surface area contributed by atoms with Crippen LogP contribution >= 0.6 is 0 Å². The molecule has 1 fully saturated rings. The Hall–Kier alpha value is -2.96. The molecule has 3 aromatic rings. The number of carbonyl (C=O) groups excluding carboxylic acids is 1. The van der Waals surface area contributed by atoms with Crippen molar-refractivity contribution in [2.24, 2.45) is 0 Å². The van der Waals surface area contributed by atoms with Crippen LogP contribution in [0.5, 0.6) is 0 Å². The predicted molar refractivity (Wildman–Crippen MR) is 108 cm³/mol. The SMILES string of the molecule is Cc1cc(-c2nnc(-c3ccc(F)cc3)o2)c(C)n1CC(=O)N1CCCCCC1. The topological polar surface area (TPSA) is 64.2 Å². The molecule has 0 aliphatic carbocycles. The van der Waals surface area contributed by atoms with Crippen molar-refractivity contribution in [1.29, 1.82) is 0 Å². The maximum Gasteiger partial charge on any atom is 0.249 e. The van der Waals surface area contributed by atoms with E-state index < -0.39 is 0 Å². The molecule has 1 aliphatic heterocycles. The van der Waals surface area contributed by atoms with Gasteiger partial charge in [0, 0.05) is 30.0 Å². The number of hydrogen-bond acceptors (Lipinski definition) is 4. The smallest absolute Gasteiger partial charge is 0.249 e. The fourth-order valence-corrected chi connectivity index (χ4v) is 3.86. The molecule has 2 aromatic heterocycles. The zero-order valence-corrected chi connectivity index (χ0v) is 16.8. The first-order valence-electron chi connectivity index (χ1n) is 10.1. The van der Waals surface area contributed by atoms with Crippen molar-refractivity contribution in [2.45, 2.75) is 46.1 Å². The highest BCUT2D eigenvalue weighted by Crippen LogP contribution is 2.29. The molecule has 0 bridgehead atoms.